The quantitative estimate of drug-likeness (QED) is 0.371. The third kappa shape index (κ3) is 5.60. The van der Waals surface area contributed by atoms with Crippen LogP contribution >= 0.6 is 0 Å². The lowest BCUT2D eigenvalue weighted by atomic mass is 9.88. The maximum Gasteiger partial charge on any atom is 0.270 e. The molecule has 2 N–H and O–H groups in total. The van der Waals surface area contributed by atoms with Crippen molar-refractivity contribution in [2.24, 2.45) is 17.8 Å². The first kappa shape index (κ1) is 26.0. The van der Waals surface area contributed by atoms with E-state index in [1.165, 1.54) is 12.4 Å². The van der Waals surface area contributed by atoms with Gasteiger partial charge >= 0.3 is 0 Å². The highest BCUT2D eigenvalue weighted by atomic mass is 19.3. The first-order valence-corrected chi connectivity index (χ1v) is 13.1. The van der Waals surface area contributed by atoms with Gasteiger partial charge in [-0.1, -0.05) is 5.21 Å². The van der Waals surface area contributed by atoms with Gasteiger partial charge in [-0.15, -0.1) is 5.10 Å². The second-order valence-electron chi connectivity index (χ2n) is 10.6. The van der Waals surface area contributed by atoms with Crippen molar-refractivity contribution in [3.05, 3.63) is 42.2 Å². The second-order valence-corrected chi connectivity index (χ2v) is 10.6. The van der Waals surface area contributed by atoms with Crippen molar-refractivity contribution >= 4 is 17.5 Å². The van der Waals surface area contributed by atoms with Gasteiger partial charge in [-0.25, -0.2) is 13.5 Å². The first-order chi connectivity index (χ1) is 18.2. The minimum atomic E-state index is -2.56. The Balaban J connectivity index is 1.33. The highest BCUT2D eigenvalue weighted by Crippen LogP contribution is 2.51. The molecule has 11 nitrogen and oxygen atoms in total. The molecule has 3 heterocycles. The van der Waals surface area contributed by atoms with Gasteiger partial charge in [0.1, 0.15) is 18.3 Å². The molecule has 2 atom stereocenters. The number of hydrogen-bond donors (Lipinski definition) is 2. The fraction of sp³-hybridized carbons (Fsp3) is 0.600. The molecule has 38 heavy (non-hydrogen) atoms. The van der Waals surface area contributed by atoms with E-state index in [2.05, 4.69) is 31.1 Å². The van der Waals surface area contributed by atoms with Crippen LogP contribution in [0.5, 0.6) is 0 Å². The van der Waals surface area contributed by atoms with E-state index in [1.54, 1.807) is 34.7 Å². The Morgan fingerprint density at radius 2 is 1.79 bits per heavy atom. The highest BCUT2D eigenvalue weighted by molar-refractivity contribution is 6.00. The van der Waals surface area contributed by atoms with Gasteiger partial charge < -0.3 is 10.6 Å². The van der Waals surface area contributed by atoms with E-state index in [9.17, 15) is 18.4 Å². The number of nitrogens with one attached hydrogen (secondary N) is 2. The molecule has 2 saturated carbocycles. The van der Waals surface area contributed by atoms with Gasteiger partial charge in [0.15, 0.2) is 0 Å². The van der Waals surface area contributed by atoms with E-state index in [4.69, 9.17) is 0 Å². The maximum absolute atomic E-state index is 13.6. The topological polar surface area (TPSA) is 125 Å². The van der Waals surface area contributed by atoms with Crippen LogP contribution in [-0.2, 0) is 11.3 Å². The third-order valence-corrected chi connectivity index (χ3v) is 7.33. The lowest BCUT2D eigenvalue weighted by Gasteiger charge is -2.27. The zero-order valence-electron chi connectivity index (χ0n) is 21.7. The Kier molecular flexibility index (Phi) is 7.26. The second kappa shape index (κ2) is 10.6. The summed E-state index contributed by atoms with van der Waals surface area (Å²) in [7, 11) is 0. The number of amides is 2. The molecule has 2 fully saturated rings. The standard InChI is InChI=1S/C25H33F2N9O2/c1-14(2)36-19(8-9-29-36)24(37)32-23(22(16-4-5-16)17-6-7-17)25(38)31-18-10-30-34(12-18)15(3)20-11-28-33-35(20)13-21(26)27/h8-12,14-17,21-23H,4-7,13H2,1-3H3,(H,31,38)(H,32,37)/t15?,23-/m0/s1. The van der Waals surface area contributed by atoms with Crippen LogP contribution in [0.25, 0.3) is 0 Å². The molecule has 204 valence electrons. The summed E-state index contributed by atoms with van der Waals surface area (Å²) in [6.07, 6.45) is 7.82. The van der Waals surface area contributed by atoms with E-state index in [0.717, 1.165) is 30.4 Å². The van der Waals surface area contributed by atoms with Crippen LogP contribution in [0.2, 0.25) is 0 Å². The first-order valence-electron chi connectivity index (χ1n) is 13.1. The van der Waals surface area contributed by atoms with Crippen LogP contribution in [0.3, 0.4) is 0 Å². The molecule has 5 rings (SSSR count). The van der Waals surface area contributed by atoms with E-state index < -0.39 is 25.1 Å². The highest BCUT2D eigenvalue weighted by Gasteiger charge is 2.48. The molecule has 2 amide bonds. The number of aromatic nitrogens is 7. The molecule has 13 heteroatoms. The molecule has 2 aliphatic rings. The summed E-state index contributed by atoms with van der Waals surface area (Å²) in [5.41, 5.74) is 1.34. The minimum absolute atomic E-state index is 0.000663. The summed E-state index contributed by atoms with van der Waals surface area (Å²) in [5, 5.41) is 22.0. The average Bonchev–Trinajstić information content (AvgIpc) is 3.72. The van der Waals surface area contributed by atoms with Gasteiger partial charge in [0.2, 0.25) is 5.91 Å². The van der Waals surface area contributed by atoms with E-state index in [-0.39, 0.29) is 23.8 Å². The van der Waals surface area contributed by atoms with Gasteiger partial charge in [-0.05, 0) is 70.3 Å². The Morgan fingerprint density at radius 3 is 2.42 bits per heavy atom. The summed E-state index contributed by atoms with van der Waals surface area (Å²) >= 11 is 0. The summed E-state index contributed by atoms with van der Waals surface area (Å²) in [5.74, 6) is 0.275. The fourth-order valence-electron chi connectivity index (χ4n) is 5.18. The zero-order valence-corrected chi connectivity index (χ0v) is 21.7. The van der Waals surface area contributed by atoms with E-state index in [0.29, 0.717) is 28.9 Å². The molecule has 0 saturated heterocycles. The molecule has 1 unspecified atom stereocenters. The van der Waals surface area contributed by atoms with Crippen LogP contribution in [0.1, 0.15) is 74.7 Å². The number of rotatable bonds is 12. The number of nitrogens with zero attached hydrogens (tertiary/aromatic N) is 7. The number of anilines is 1. The molecule has 0 aliphatic heterocycles. The van der Waals surface area contributed by atoms with Gasteiger partial charge in [0.05, 0.1) is 29.8 Å². The van der Waals surface area contributed by atoms with Crippen molar-refractivity contribution in [1.82, 2.24) is 39.9 Å². The van der Waals surface area contributed by atoms with E-state index >= 15 is 0 Å². The number of alkyl halides is 2. The fourth-order valence-corrected chi connectivity index (χ4v) is 5.18. The molecular weight excluding hydrogens is 496 g/mol. The van der Waals surface area contributed by atoms with Gasteiger partial charge in [-0.3, -0.25) is 19.0 Å². The lowest BCUT2D eigenvalue weighted by Crippen LogP contribution is -2.50. The number of carbonyl (C=O) groups excluding carboxylic acids is 2. The van der Waals surface area contributed by atoms with Crippen LogP contribution in [0.4, 0.5) is 14.5 Å². The Bertz CT molecular complexity index is 1260. The molecule has 2 aliphatic carbocycles. The SMILES string of the molecule is CC(c1cnnn1CC(F)F)n1cc(NC(=O)[C@@H](NC(=O)c2ccnn2C(C)C)C(C2CC2)C2CC2)cn1. The molecule has 3 aromatic rings. The monoisotopic (exact) mass is 529 g/mol. The summed E-state index contributed by atoms with van der Waals surface area (Å²) in [6, 6.07) is 0.523. The minimum Gasteiger partial charge on any atom is -0.339 e. The zero-order chi connectivity index (χ0) is 27.0. The van der Waals surface area contributed by atoms with Gasteiger partial charge in [0.25, 0.3) is 12.3 Å². The normalized spacial score (nSPS) is 17.3. The Morgan fingerprint density at radius 1 is 1.08 bits per heavy atom. The van der Waals surface area contributed by atoms with Crippen molar-refractivity contribution in [3.8, 4) is 0 Å². The van der Waals surface area contributed by atoms with Gasteiger partial charge in [0, 0.05) is 18.4 Å². The predicted molar refractivity (Wildman–Crippen MR) is 133 cm³/mol. The van der Waals surface area contributed by atoms with E-state index in [1.807, 2.05) is 13.8 Å². The largest absolute Gasteiger partial charge is 0.339 e. The molecule has 0 radical (unpaired) electrons. The lowest BCUT2D eigenvalue weighted by molar-refractivity contribution is -0.119. The van der Waals surface area contributed by atoms with Crippen molar-refractivity contribution < 1.29 is 18.4 Å². The predicted octanol–water partition coefficient (Wildman–Crippen LogP) is 3.30. The van der Waals surface area contributed by atoms with Gasteiger partial charge in [-0.2, -0.15) is 10.2 Å². The van der Waals surface area contributed by atoms with Crippen LogP contribution in [-0.4, -0.2) is 58.8 Å². The summed E-state index contributed by atoms with van der Waals surface area (Å²) in [4.78, 5) is 26.9. The van der Waals surface area contributed by atoms with Crippen LogP contribution in [0, 0.1) is 17.8 Å². The van der Waals surface area contributed by atoms with Crippen molar-refractivity contribution in [2.45, 2.75) is 77.6 Å². The van der Waals surface area contributed by atoms with Crippen LogP contribution < -0.4 is 10.6 Å². The molecular formula is C25H33F2N9O2. The third-order valence-electron chi connectivity index (χ3n) is 7.33. The number of hydrogen-bond acceptors (Lipinski definition) is 6. The molecule has 0 spiro atoms. The molecule has 0 bridgehead atoms. The average molecular weight is 530 g/mol. The number of halogens is 2. The van der Waals surface area contributed by atoms with Crippen LogP contribution in [0.15, 0.2) is 30.9 Å². The van der Waals surface area contributed by atoms with Crippen molar-refractivity contribution in [1.29, 1.82) is 0 Å². The molecule has 3 aromatic heterocycles. The summed E-state index contributed by atoms with van der Waals surface area (Å²) < 4.78 is 30.2. The maximum atomic E-state index is 13.6. The Labute approximate surface area is 219 Å². The molecule has 0 aromatic carbocycles. The van der Waals surface area contributed by atoms with Crippen molar-refractivity contribution in [3.63, 3.8) is 0 Å². The smallest absolute Gasteiger partial charge is 0.270 e. The Hall–Kier alpha value is -3.64. The van der Waals surface area contributed by atoms with Crippen molar-refractivity contribution in [2.75, 3.05) is 5.32 Å². The number of carbonyl (C=O) groups is 2. The summed E-state index contributed by atoms with van der Waals surface area (Å²) in [6.45, 7) is 5.11.